The molecule has 0 bridgehead atoms. The number of esters is 1. The molecule has 10 nitrogen and oxygen atoms in total. The van der Waals surface area contributed by atoms with Crippen molar-refractivity contribution in [2.75, 3.05) is 7.11 Å². The fraction of sp³-hybridized carbons (Fsp3) is 0.478. The highest BCUT2D eigenvalue weighted by molar-refractivity contribution is 5.99. The van der Waals surface area contributed by atoms with Gasteiger partial charge < -0.3 is 30.1 Å². The second-order valence-corrected chi connectivity index (χ2v) is 8.39. The van der Waals surface area contributed by atoms with Crippen LogP contribution in [0.2, 0.25) is 0 Å². The number of aliphatic hydroxyl groups excluding tert-OH is 1. The summed E-state index contributed by atoms with van der Waals surface area (Å²) >= 11 is 0. The molecule has 1 aromatic carbocycles. The van der Waals surface area contributed by atoms with Gasteiger partial charge in [0.1, 0.15) is 23.9 Å². The molecule has 3 amide bonds. The van der Waals surface area contributed by atoms with E-state index in [0.29, 0.717) is 37.0 Å². The molecule has 0 spiro atoms. The van der Waals surface area contributed by atoms with Crippen molar-refractivity contribution < 1.29 is 33.8 Å². The minimum Gasteiger partial charge on any atom is -0.497 e. The second kappa shape index (κ2) is 9.62. The molecule has 0 radical (unpaired) electrons. The number of hydrogen-bond acceptors (Lipinski definition) is 7. The molecule has 3 heterocycles. The number of aliphatic hydroxyl groups is 1. The summed E-state index contributed by atoms with van der Waals surface area (Å²) in [4.78, 5) is 52.2. The van der Waals surface area contributed by atoms with Crippen LogP contribution in [0.4, 0.5) is 0 Å². The van der Waals surface area contributed by atoms with E-state index in [4.69, 9.17) is 4.74 Å². The Kier molecular flexibility index (Phi) is 6.64. The van der Waals surface area contributed by atoms with Gasteiger partial charge in [0.25, 0.3) is 5.91 Å². The van der Waals surface area contributed by atoms with Crippen LogP contribution in [-0.2, 0) is 19.1 Å². The van der Waals surface area contributed by atoms with Crippen molar-refractivity contribution in [3.05, 3.63) is 42.0 Å². The van der Waals surface area contributed by atoms with Crippen molar-refractivity contribution in [3.63, 3.8) is 0 Å². The van der Waals surface area contributed by atoms with Crippen LogP contribution in [-0.4, -0.2) is 71.3 Å². The maximum atomic E-state index is 13.5. The van der Waals surface area contributed by atoms with E-state index in [1.165, 1.54) is 7.11 Å². The van der Waals surface area contributed by atoms with E-state index in [9.17, 15) is 24.3 Å². The van der Waals surface area contributed by atoms with Gasteiger partial charge in [-0.25, -0.2) is 0 Å². The molecule has 0 aliphatic carbocycles. The SMILES string of the molecule is COc1cccc(C(=O)N[C@H]2C/C=C\C[C@@H]3CC[C@@H](C(=O)NC4CC(=O)OC4O)N3C2=O)c1. The van der Waals surface area contributed by atoms with E-state index in [1.807, 2.05) is 12.2 Å². The summed E-state index contributed by atoms with van der Waals surface area (Å²) in [6.07, 6.45) is 4.30. The standard InChI is InChI=1S/C23H27N3O7/c1-32-15-7-4-5-13(11-15)20(28)24-16-8-3-2-6-14-9-10-18(26(14)22(16)30)21(29)25-17-12-19(27)33-23(17)31/h2-5,7,11,14,16-18,23,31H,6,8-10,12H2,1H3,(H,24,28)(H,25,29)/b3-2-/t14-,16+,17?,18+,23?/m1/s1. The number of nitrogens with one attached hydrogen (secondary N) is 2. The maximum Gasteiger partial charge on any atom is 0.310 e. The Hall–Kier alpha value is -3.40. The van der Waals surface area contributed by atoms with E-state index < -0.39 is 42.2 Å². The highest BCUT2D eigenvalue weighted by atomic mass is 16.6. The summed E-state index contributed by atoms with van der Waals surface area (Å²) in [6.45, 7) is 0. The number of carbonyl (C=O) groups excluding carboxylic acids is 4. The van der Waals surface area contributed by atoms with Crippen molar-refractivity contribution >= 4 is 23.7 Å². The Balaban J connectivity index is 1.49. The number of hydrogen-bond donors (Lipinski definition) is 3. The lowest BCUT2D eigenvalue weighted by atomic mass is 10.0. The van der Waals surface area contributed by atoms with Gasteiger partial charge in [0.2, 0.25) is 18.1 Å². The third kappa shape index (κ3) is 4.85. The number of carbonyl (C=O) groups is 4. The average Bonchev–Trinajstić information content (AvgIpc) is 3.36. The zero-order valence-corrected chi connectivity index (χ0v) is 18.2. The number of rotatable bonds is 5. The normalized spacial score (nSPS) is 30.0. The molecule has 10 heteroatoms. The number of fused-ring (bicyclic) bond motifs is 1. The minimum absolute atomic E-state index is 0.126. The Morgan fingerprint density at radius 1 is 1.15 bits per heavy atom. The first-order valence-electron chi connectivity index (χ1n) is 11.0. The van der Waals surface area contributed by atoms with Crippen LogP contribution in [0.3, 0.4) is 0 Å². The van der Waals surface area contributed by atoms with Gasteiger partial charge in [0.05, 0.1) is 13.5 Å². The average molecular weight is 457 g/mol. The predicted molar refractivity (Wildman–Crippen MR) is 115 cm³/mol. The largest absolute Gasteiger partial charge is 0.497 e. The van der Waals surface area contributed by atoms with Crippen molar-refractivity contribution in [1.29, 1.82) is 0 Å². The van der Waals surface area contributed by atoms with E-state index >= 15 is 0 Å². The topological polar surface area (TPSA) is 134 Å². The lowest BCUT2D eigenvalue weighted by Gasteiger charge is -2.34. The molecule has 4 rings (SSSR count). The van der Waals surface area contributed by atoms with E-state index in [-0.39, 0.29) is 18.4 Å². The molecule has 5 atom stereocenters. The van der Waals surface area contributed by atoms with Crippen molar-refractivity contribution in [2.24, 2.45) is 0 Å². The quantitative estimate of drug-likeness (QED) is 0.426. The van der Waals surface area contributed by atoms with Crippen molar-refractivity contribution in [1.82, 2.24) is 15.5 Å². The van der Waals surface area contributed by atoms with Gasteiger partial charge >= 0.3 is 5.97 Å². The lowest BCUT2D eigenvalue weighted by Crippen LogP contribution is -2.57. The summed E-state index contributed by atoms with van der Waals surface area (Å²) in [5.74, 6) is -1.26. The van der Waals surface area contributed by atoms with Gasteiger partial charge in [-0.3, -0.25) is 19.2 Å². The fourth-order valence-electron chi connectivity index (χ4n) is 4.54. The molecule has 2 unspecified atom stereocenters. The zero-order chi connectivity index (χ0) is 23.5. The Labute approximate surface area is 190 Å². The van der Waals surface area contributed by atoms with Gasteiger partial charge in [-0.15, -0.1) is 0 Å². The predicted octanol–water partition coefficient (Wildman–Crippen LogP) is 0.253. The van der Waals surface area contributed by atoms with Crippen LogP contribution >= 0.6 is 0 Å². The molecule has 1 aromatic rings. The molecule has 3 aliphatic heterocycles. The molecule has 2 fully saturated rings. The minimum atomic E-state index is -1.40. The van der Waals surface area contributed by atoms with Crippen LogP contribution < -0.4 is 15.4 Å². The molecule has 0 aromatic heterocycles. The molecule has 2 saturated heterocycles. The Bertz CT molecular complexity index is 979. The first kappa shape index (κ1) is 22.8. The Morgan fingerprint density at radius 3 is 2.67 bits per heavy atom. The zero-order valence-electron chi connectivity index (χ0n) is 18.2. The number of nitrogens with zero attached hydrogens (tertiary/aromatic N) is 1. The number of ether oxygens (including phenoxy) is 2. The molecular weight excluding hydrogens is 430 g/mol. The van der Waals surface area contributed by atoms with Crippen molar-refractivity contribution in [3.8, 4) is 5.75 Å². The lowest BCUT2D eigenvalue weighted by molar-refractivity contribution is -0.155. The van der Waals surface area contributed by atoms with Crippen LogP contribution in [0.25, 0.3) is 0 Å². The summed E-state index contributed by atoms with van der Waals surface area (Å²) in [5.41, 5.74) is 0.361. The monoisotopic (exact) mass is 457 g/mol. The van der Waals surface area contributed by atoms with E-state index in [0.717, 1.165) is 0 Å². The van der Waals surface area contributed by atoms with Gasteiger partial charge in [0.15, 0.2) is 0 Å². The van der Waals surface area contributed by atoms with E-state index in [2.05, 4.69) is 15.4 Å². The molecular formula is C23H27N3O7. The first-order chi connectivity index (χ1) is 15.9. The number of cyclic esters (lactones) is 1. The Morgan fingerprint density at radius 2 is 1.94 bits per heavy atom. The van der Waals surface area contributed by atoms with Gasteiger partial charge in [-0.1, -0.05) is 18.2 Å². The van der Waals surface area contributed by atoms with E-state index in [1.54, 1.807) is 29.2 Å². The van der Waals surface area contributed by atoms with Crippen LogP contribution in [0.15, 0.2) is 36.4 Å². The van der Waals surface area contributed by atoms with Gasteiger partial charge in [0, 0.05) is 11.6 Å². The number of methoxy groups -OCH3 is 1. The van der Waals surface area contributed by atoms with Crippen LogP contribution in [0, 0.1) is 0 Å². The van der Waals surface area contributed by atoms with Crippen LogP contribution in [0.1, 0.15) is 42.5 Å². The highest BCUT2D eigenvalue weighted by Gasteiger charge is 2.45. The summed E-state index contributed by atoms with van der Waals surface area (Å²) in [5, 5.41) is 15.2. The summed E-state index contributed by atoms with van der Waals surface area (Å²) < 4.78 is 9.84. The molecule has 3 aliphatic rings. The number of benzene rings is 1. The third-order valence-corrected chi connectivity index (χ3v) is 6.25. The van der Waals surface area contributed by atoms with Crippen LogP contribution in [0.5, 0.6) is 5.75 Å². The second-order valence-electron chi connectivity index (χ2n) is 8.39. The summed E-state index contributed by atoms with van der Waals surface area (Å²) in [7, 11) is 1.51. The molecule has 33 heavy (non-hydrogen) atoms. The third-order valence-electron chi connectivity index (χ3n) is 6.25. The number of amides is 3. The first-order valence-corrected chi connectivity index (χ1v) is 11.0. The molecule has 0 saturated carbocycles. The van der Waals surface area contributed by atoms with Crippen molar-refractivity contribution in [2.45, 2.75) is 62.6 Å². The van der Waals surface area contributed by atoms with Gasteiger partial charge in [-0.2, -0.15) is 0 Å². The molecule has 176 valence electrons. The summed E-state index contributed by atoms with van der Waals surface area (Å²) in [6, 6.07) is 4.01. The van der Waals surface area contributed by atoms with Gasteiger partial charge in [-0.05, 0) is 43.9 Å². The fourth-order valence-corrected chi connectivity index (χ4v) is 4.54. The highest BCUT2D eigenvalue weighted by Crippen LogP contribution is 2.30. The molecule has 3 N–H and O–H groups in total. The maximum absolute atomic E-state index is 13.5. The smallest absolute Gasteiger partial charge is 0.310 e.